The van der Waals surface area contributed by atoms with Gasteiger partial charge >= 0.3 is 0 Å². The minimum atomic E-state index is -0.451. The molecule has 0 heterocycles. The van der Waals surface area contributed by atoms with Gasteiger partial charge in [-0.2, -0.15) is 0 Å². The molecule has 0 saturated carbocycles. The van der Waals surface area contributed by atoms with Crippen LogP contribution in [0.5, 0.6) is 0 Å². The van der Waals surface area contributed by atoms with Gasteiger partial charge in [0, 0.05) is 19.7 Å². The average Bonchev–Trinajstić information content (AvgIpc) is 1.66. The van der Waals surface area contributed by atoms with E-state index >= 15 is 0 Å². The molecule has 0 amide bonds. The molecule has 0 aliphatic rings. The first-order valence-corrected chi connectivity index (χ1v) is 4.01. The molecule has 0 aromatic heterocycles. The molecule has 4 heteroatoms. The Morgan fingerprint density at radius 2 is 2.50 bits per heavy atom. The van der Waals surface area contributed by atoms with Gasteiger partial charge in [-0.05, 0) is 6.92 Å². The maximum Gasteiger partial charge on any atom is 0.235 e. The van der Waals surface area contributed by atoms with Crippen LogP contribution in [-0.2, 0) is 4.43 Å². The molecular formula is C4H14N2OSi. The summed E-state index contributed by atoms with van der Waals surface area (Å²) < 4.78 is 4.86. The molecule has 1 atom stereocenters. The van der Waals surface area contributed by atoms with Crippen molar-refractivity contribution in [2.24, 2.45) is 5.73 Å². The van der Waals surface area contributed by atoms with E-state index in [0.29, 0.717) is 0 Å². The standard InChI is InChI=1S/C4H14N2OSi/c1-4(5)3-6-8-7-2/h4,6H,3,5,8H2,1-2H3. The van der Waals surface area contributed by atoms with Crippen LogP contribution in [0.3, 0.4) is 0 Å². The molecule has 3 N–H and O–H groups in total. The van der Waals surface area contributed by atoms with Gasteiger partial charge in [-0.3, -0.25) is 0 Å². The van der Waals surface area contributed by atoms with Crippen LogP contribution in [0.1, 0.15) is 6.92 Å². The number of nitrogens with two attached hydrogens (primary N) is 1. The lowest BCUT2D eigenvalue weighted by molar-refractivity contribution is 0.429. The van der Waals surface area contributed by atoms with E-state index in [4.69, 9.17) is 10.2 Å². The molecule has 1 unspecified atom stereocenters. The Kier molecular flexibility index (Phi) is 5.30. The smallest absolute Gasteiger partial charge is 0.235 e. The van der Waals surface area contributed by atoms with E-state index < -0.39 is 9.92 Å². The molecule has 0 saturated heterocycles. The second kappa shape index (κ2) is 5.24. The zero-order valence-electron chi connectivity index (χ0n) is 5.48. The van der Waals surface area contributed by atoms with Gasteiger partial charge in [0.1, 0.15) is 0 Å². The third kappa shape index (κ3) is 6.10. The SMILES string of the molecule is CO[SiH2]NCC(C)N. The van der Waals surface area contributed by atoms with Crippen molar-refractivity contribution < 1.29 is 4.43 Å². The Morgan fingerprint density at radius 3 is 2.88 bits per heavy atom. The van der Waals surface area contributed by atoms with Crippen LogP contribution in [-0.4, -0.2) is 29.6 Å². The van der Waals surface area contributed by atoms with Gasteiger partial charge in [0.05, 0.1) is 0 Å². The second-order valence-electron chi connectivity index (χ2n) is 1.86. The molecule has 0 radical (unpaired) electrons. The highest BCUT2D eigenvalue weighted by atomic mass is 28.2. The van der Waals surface area contributed by atoms with Crippen LogP contribution in [0.2, 0.25) is 0 Å². The zero-order valence-corrected chi connectivity index (χ0v) is 6.89. The predicted octanol–water partition coefficient (Wildman–Crippen LogP) is -1.43. The first-order valence-electron chi connectivity index (χ1n) is 2.72. The molecule has 0 aliphatic heterocycles. The van der Waals surface area contributed by atoms with Gasteiger partial charge in [-0.15, -0.1) is 0 Å². The van der Waals surface area contributed by atoms with Crippen molar-refractivity contribution >= 4 is 9.92 Å². The van der Waals surface area contributed by atoms with Crippen LogP contribution in [0, 0.1) is 0 Å². The lowest BCUT2D eigenvalue weighted by Crippen LogP contribution is -2.33. The van der Waals surface area contributed by atoms with Crippen molar-refractivity contribution in [3.63, 3.8) is 0 Å². The highest BCUT2D eigenvalue weighted by Crippen LogP contribution is 1.66. The summed E-state index contributed by atoms with van der Waals surface area (Å²) in [6.07, 6.45) is 0. The summed E-state index contributed by atoms with van der Waals surface area (Å²) in [7, 11) is 1.26. The summed E-state index contributed by atoms with van der Waals surface area (Å²) in [5, 5.41) is 0. The Hall–Kier alpha value is 0.0969. The van der Waals surface area contributed by atoms with E-state index in [1.54, 1.807) is 7.11 Å². The summed E-state index contributed by atoms with van der Waals surface area (Å²) in [4.78, 5) is 3.13. The van der Waals surface area contributed by atoms with Crippen molar-refractivity contribution in [1.82, 2.24) is 4.98 Å². The maximum atomic E-state index is 5.44. The van der Waals surface area contributed by atoms with E-state index in [9.17, 15) is 0 Å². The second-order valence-corrected chi connectivity index (χ2v) is 3.23. The first-order chi connectivity index (χ1) is 3.77. The minimum absolute atomic E-state index is 0.248. The summed E-state index contributed by atoms with van der Waals surface area (Å²) in [5.74, 6) is 0. The van der Waals surface area contributed by atoms with Gasteiger partial charge in [0.2, 0.25) is 9.92 Å². The fourth-order valence-electron chi connectivity index (χ4n) is 0.389. The molecule has 0 aliphatic carbocycles. The minimum Gasteiger partial charge on any atom is -0.412 e. The lowest BCUT2D eigenvalue weighted by atomic mass is 10.4. The van der Waals surface area contributed by atoms with Crippen LogP contribution in [0.25, 0.3) is 0 Å². The first kappa shape index (κ1) is 8.10. The van der Waals surface area contributed by atoms with Crippen molar-refractivity contribution in [3.8, 4) is 0 Å². The molecule has 0 aromatic rings. The van der Waals surface area contributed by atoms with Crippen molar-refractivity contribution in [1.29, 1.82) is 0 Å². The lowest BCUT2D eigenvalue weighted by Gasteiger charge is -2.04. The highest BCUT2D eigenvalue weighted by Gasteiger charge is 1.89. The number of hydrogen-bond donors (Lipinski definition) is 2. The van der Waals surface area contributed by atoms with E-state index in [-0.39, 0.29) is 6.04 Å². The van der Waals surface area contributed by atoms with Crippen molar-refractivity contribution in [2.45, 2.75) is 13.0 Å². The van der Waals surface area contributed by atoms with E-state index in [1.807, 2.05) is 6.92 Å². The number of nitrogens with one attached hydrogen (secondary N) is 1. The Balaban J connectivity index is 2.72. The normalized spacial score (nSPS) is 15.4. The molecule has 8 heavy (non-hydrogen) atoms. The zero-order chi connectivity index (χ0) is 6.41. The molecule has 0 spiro atoms. The van der Waals surface area contributed by atoms with Crippen molar-refractivity contribution in [3.05, 3.63) is 0 Å². The summed E-state index contributed by atoms with van der Waals surface area (Å²) >= 11 is 0. The van der Waals surface area contributed by atoms with Crippen LogP contribution < -0.4 is 10.7 Å². The third-order valence-electron chi connectivity index (χ3n) is 0.713. The molecule has 0 bridgehead atoms. The van der Waals surface area contributed by atoms with Gasteiger partial charge in [-0.25, -0.2) is 0 Å². The average molecular weight is 134 g/mol. The van der Waals surface area contributed by atoms with Crippen LogP contribution in [0.15, 0.2) is 0 Å². The number of rotatable bonds is 4. The van der Waals surface area contributed by atoms with E-state index in [2.05, 4.69) is 4.98 Å². The fourth-order valence-corrected chi connectivity index (χ4v) is 1.17. The Bertz CT molecular complexity index is 51.3. The molecule has 50 valence electrons. The summed E-state index contributed by atoms with van der Waals surface area (Å²) in [6.45, 7) is 2.84. The predicted molar refractivity (Wildman–Crippen MR) is 37.2 cm³/mol. The monoisotopic (exact) mass is 134 g/mol. The van der Waals surface area contributed by atoms with Gasteiger partial charge in [0.15, 0.2) is 0 Å². The molecule has 0 aromatic carbocycles. The molecule has 0 rings (SSSR count). The summed E-state index contributed by atoms with van der Waals surface area (Å²) in [6, 6.07) is 0.248. The Morgan fingerprint density at radius 1 is 1.88 bits per heavy atom. The highest BCUT2D eigenvalue weighted by molar-refractivity contribution is 6.23. The van der Waals surface area contributed by atoms with Gasteiger partial charge in [0.25, 0.3) is 0 Å². The third-order valence-corrected chi connectivity index (χ3v) is 1.49. The summed E-state index contributed by atoms with van der Waals surface area (Å²) in [5.41, 5.74) is 5.44. The van der Waals surface area contributed by atoms with Crippen LogP contribution >= 0.6 is 0 Å². The quantitative estimate of drug-likeness (QED) is 0.366. The maximum absolute atomic E-state index is 5.44. The van der Waals surface area contributed by atoms with Gasteiger partial charge < -0.3 is 15.1 Å². The van der Waals surface area contributed by atoms with E-state index in [0.717, 1.165) is 6.54 Å². The largest absolute Gasteiger partial charge is 0.412 e. The molecule has 0 fully saturated rings. The van der Waals surface area contributed by atoms with Crippen molar-refractivity contribution in [2.75, 3.05) is 13.7 Å². The fraction of sp³-hybridized carbons (Fsp3) is 1.00. The van der Waals surface area contributed by atoms with Gasteiger partial charge in [-0.1, -0.05) is 0 Å². The molecule has 3 nitrogen and oxygen atoms in total. The Labute approximate surface area is 52.6 Å². The van der Waals surface area contributed by atoms with Crippen LogP contribution in [0.4, 0.5) is 0 Å². The number of hydrogen-bond acceptors (Lipinski definition) is 3. The topological polar surface area (TPSA) is 47.3 Å². The van der Waals surface area contributed by atoms with E-state index in [1.165, 1.54) is 0 Å². The molecular weight excluding hydrogens is 120 g/mol.